The van der Waals surface area contributed by atoms with E-state index in [4.69, 9.17) is 15.2 Å². The van der Waals surface area contributed by atoms with Gasteiger partial charge in [-0.3, -0.25) is 0 Å². The highest BCUT2D eigenvalue weighted by atomic mass is 16.5. The Morgan fingerprint density at radius 3 is 2.31 bits per heavy atom. The van der Waals surface area contributed by atoms with E-state index in [-0.39, 0.29) is 24.1 Å². The number of hydrogen-bond acceptors (Lipinski definition) is 4. The van der Waals surface area contributed by atoms with Crippen LogP contribution in [0.4, 0.5) is 0 Å². The molecule has 1 aliphatic rings. The highest BCUT2D eigenvalue weighted by Gasteiger charge is 2.50. The molecule has 2 N–H and O–H groups in total. The highest BCUT2D eigenvalue weighted by molar-refractivity contribution is 5.81. The molecule has 0 aromatic rings. The molecule has 1 unspecified atom stereocenters. The van der Waals surface area contributed by atoms with Gasteiger partial charge in [-0.2, -0.15) is 0 Å². The maximum Gasteiger partial charge on any atom is 0.328 e. The molecule has 0 amide bonds. The lowest BCUT2D eigenvalue weighted by Gasteiger charge is -2.30. The maximum absolute atomic E-state index is 11.8. The van der Waals surface area contributed by atoms with Gasteiger partial charge in [0.25, 0.3) is 0 Å². The van der Waals surface area contributed by atoms with Crippen molar-refractivity contribution in [3.05, 3.63) is 0 Å². The quantitative estimate of drug-likeness (QED) is 0.725. The molecule has 0 heterocycles. The number of esters is 1. The summed E-state index contributed by atoms with van der Waals surface area (Å²) < 4.78 is 10.7. The largest absolute Gasteiger partial charge is 0.465 e. The monoisotopic (exact) mass is 229 g/mol. The second kappa shape index (κ2) is 4.72. The molecule has 0 spiro atoms. The van der Waals surface area contributed by atoms with Gasteiger partial charge in [0, 0.05) is 0 Å². The van der Waals surface area contributed by atoms with Gasteiger partial charge in [-0.15, -0.1) is 0 Å². The molecule has 1 fully saturated rings. The van der Waals surface area contributed by atoms with Crippen molar-refractivity contribution in [2.24, 2.45) is 11.7 Å². The number of carbonyl (C=O) groups excluding carboxylic acids is 1. The Morgan fingerprint density at radius 1 is 1.38 bits per heavy atom. The minimum atomic E-state index is -0.955. The van der Waals surface area contributed by atoms with Crippen molar-refractivity contribution >= 4 is 5.97 Å². The average molecular weight is 229 g/mol. The zero-order valence-corrected chi connectivity index (χ0v) is 10.7. The molecule has 1 saturated carbocycles. The fourth-order valence-electron chi connectivity index (χ4n) is 1.54. The molecule has 4 heteroatoms. The summed E-state index contributed by atoms with van der Waals surface area (Å²) in [7, 11) is 0. The van der Waals surface area contributed by atoms with Crippen LogP contribution in [0.2, 0.25) is 0 Å². The van der Waals surface area contributed by atoms with Crippen LogP contribution >= 0.6 is 0 Å². The predicted octanol–water partition coefficient (Wildman–Crippen LogP) is 1.47. The molecule has 0 aromatic heterocycles. The van der Waals surface area contributed by atoms with E-state index in [1.807, 2.05) is 20.8 Å². The Morgan fingerprint density at radius 2 is 1.94 bits per heavy atom. The van der Waals surface area contributed by atoms with Crippen molar-refractivity contribution in [1.82, 2.24) is 0 Å². The van der Waals surface area contributed by atoms with Gasteiger partial charge in [-0.25, -0.2) is 4.79 Å². The molecule has 1 atom stereocenters. The average Bonchev–Trinajstić information content (AvgIpc) is 2.96. The standard InChI is InChI=1S/C12H23NO3/c1-5-15-10(14)12(13,9-6-7-9)8-16-11(2,3)4/h9H,5-8,13H2,1-4H3. The van der Waals surface area contributed by atoms with Gasteiger partial charge in [0.15, 0.2) is 0 Å². The maximum atomic E-state index is 11.8. The van der Waals surface area contributed by atoms with Crippen LogP contribution in [0, 0.1) is 5.92 Å². The van der Waals surface area contributed by atoms with Gasteiger partial charge >= 0.3 is 5.97 Å². The highest BCUT2D eigenvalue weighted by Crippen LogP contribution is 2.39. The van der Waals surface area contributed by atoms with Crippen LogP contribution in [0.25, 0.3) is 0 Å². The predicted molar refractivity (Wildman–Crippen MR) is 62.0 cm³/mol. The Hall–Kier alpha value is -0.610. The van der Waals surface area contributed by atoms with E-state index in [1.165, 1.54) is 0 Å². The van der Waals surface area contributed by atoms with Crippen LogP contribution < -0.4 is 5.73 Å². The molecule has 16 heavy (non-hydrogen) atoms. The fraction of sp³-hybridized carbons (Fsp3) is 0.917. The minimum absolute atomic E-state index is 0.217. The zero-order valence-electron chi connectivity index (χ0n) is 10.7. The Bertz CT molecular complexity index is 255. The van der Waals surface area contributed by atoms with Gasteiger partial charge in [-0.1, -0.05) is 0 Å². The molecule has 0 aliphatic heterocycles. The van der Waals surface area contributed by atoms with Crippen molar-refractivity contribution in [3.63, 3.8) is 0 Å². The third-order valence-corrected chi connectivity index (χ3v) is 2.71. The van der Waals surface area contributed by atoms with Crippen molar-refractivity contribution < 1.29 is 14.3 Å². The van der Waals surface area contributed by atoms with Crippen molar-refractivity contribution in [3.8, 4) is 0 Å². The summed E-state index contributed by atoms with van der Waals surface area (Å²) in [6, 6.07) is 0. The topological polar surface area (TPSA) is 61.5 Å². The van der Waals surface area contributed by atoms with Gasteiger partial charge in [-0.05, 0) is 46.5 Å². The molecule has 4 nitrogen and oxygen atoms in total. The Balaban J connectivity index is 2.61. The van der Waals surface area contributed by atoms with Crippen molar-refractivity contribution in [2.45, 2.75) is 51.7 Å². The first-order valence-corrected chi connectivity index (χ1v) is 5.89. The Labute approximate surface area is 97.5 Å². The molecule has 1 rings (SSSR count). The van der Waals surface area contributed by atoms with Crippen LogP contribution in [0.5, 0.6) is 0 Å². The third kappa shape index (κ3) is 3.46. The van der Waals surface area contributed by atoms with Crippen LogP contribution in [-0.2, 0) is 14.3 Å². The lowest BCUT2D eigenvalue weighted by atomic mass is 9.95. The molecule has 1 aliphatic carbocycles. The summed E-state index contributed by atoms with van der Waals surface area (Å²) in [4.78, 5) is 11.8. The number of nitrogens with two attached hydrogens (primary N) is 1. The zero-order chi connectivity index (χ0) is 12.4. The van der Waals surface area contributed by atoms with Gasteiger partial charge in [0.1, 0.15) is 5.54 Å². The van der Waals surface area contributed by atoms with Gasteiger partial charge < -0.3 is 15.2 Å². The second-order valence-electron chi connectivity index (χ2n) is 5.44. The lowest BCUT2D eigenvalue weighted by Crippen LogP contribution is -2.56. The number of ether oxygens (including phenoxy) is 2. The SMILES string of the molecule is CCOC(=O)C(N)(COC(C)(C)C)C1CC1. The van der Waals surface area contributed by atoms with E-state index in [1.54, 1.807) is 6.92 Å². The smallest absolute Gasteiger partial charge is 0.328 e. The van der Waals surface area contributed by atoms with Crippen LogP contribution in [0.15, 0.2) is 0 Å². The summed E-state index contributed by atoms with van der Waals surface area (Å²) in [5.41, 5.74) is 4.90. The summed E-state index contributed by atoms with van der Waals surface area (Å²) >= 11 is 0. The van der Waals surface area contributed by atoms with Gasteiger partial charge in [0.2, 0.25) is 0 Å². The van der Waals surface area contributed by atoms with E-state index in [0.29, 0.717) is 6.61 Å². The molecular weight excluding hydrogens is 206 g/mol. The number of carbonyl (C=O) groups is 1. The second-order valence-corrected chi connectivity index (χ2v) is 5.44. The molecule has 0 aromatic carbocycles. The first kappa shape index (κ1) is 13.5. The number of rotatable bonds is 5. The molecule has 0 saturated heterocycles. The van der Waals surface area contributed by atoms with E-state index in [9.17, 15) is 4.79 Å². The third-order valence-electron chi connectivity index (χ3n) is 2.71. The molecule has 0 radical (unpaired) electrons. The van der Waals surface area contributed by atoms with Crippen molar-refractivity contribution in [2.75, 3.05) is 13.2 Å². The van der Waals surface area contributed by atoms with Crippen LogP contribution in [0.3, 0.4) is 0 Å². The summed E-state index contributed by atoms with van der Waals surface area (Å²) in [6.07, 6.45) is 1.98. The normalized spacial score (nSPS) is 20.3. The van der Waals surface area contributed by atoms with E-state index in [2.05, 4.69) is 0 Å². The molecular formula is C12H23NO3. The molecule has 0 bridgehead atoms. The summed E-state index contributed by atoms with van der Waals surface area (Å²) in [5, 5.41) is 0. The van der Waals surface area contributed by atoms with Crippen LogP contribution in [0.1, 0.15) is 40.5 Å². The van der Waals surface area contributed by atoms with E-state index < -0.39 is 5.54 Å². The van der Waals surface area contributed by atoms with Gasteiger partial charge in [0.05, 0.1) is 18.8 Å². The van der Waals surface area contributed by atoms with E-state index in [0.717, 1.165) is 12.8 Å². The first-order valence-electron chi connectivity index (χ1n) is 5.89. The number of hydrogen-bond donors (Lipinski definition) is 1. The summed E-state index contributed by atoms with van der Waals surface area (Å²) in [5.74, 6) is -0.115. The first-order chi connectivity index (χ1) is 7.29. The Kier molecular flexibility index (Phi) is 3.97. The summed E-state index contributed by atoms with van der Waals surface area (Å²) in [6.45, 7) is 8.23. The van der Waals surface area contributed by atoms with Crippen molar-refractivity contribution in [1.29, 1.82) is 0 Å². The lowest BCUT2D eigenvalue weighted by molar-refractivity contribution is -0.155. The van der Waals surface area contributed by atoms with E-state index >= 15 is 0 Å². The van der Waals surface area contributed by atoms with Crippen LogP contribution in [-0.4, -0.2) is 30.3 Å². The molecule has 94 valence electrons. The fourth-order valence-corrected chi connectivity index (χ4v) is 1.54. The minimum Gasteiger partial charge on any atom is -0.465 e.